The van der Waals surface area contributed by atoms with Gasteiger partial charge in [0.1, 0.15) is 0 Å². The van der Waals surface area contributed by atoms with Crippen molar-refractivity contribution >= 4 is 11.6 Å². The number of aliphatic hydroxyl groups excluding tert-OH is 1. The molecule has 0 spiro atoms. The maximum absolute atomic E-state index is 12.2. The molecule has 1 N–H and O–H groups in total. The molecule has 18 heavy (non-hydrogen) atoms. The van der Waals surface area contributed by atoms with Crippen molar-refractivity contribution in [1.29, 1.82) is 0 Å². The van der Waals surface area contributed by atoms with Gasteiger partial charge in [0.05, 0.1) is 6.61 Å². The Bertz CT molecular complexity index is 520. The van der Waals surface area contributed by atoms with Crippen LogP contribution in [0.5, 0.6) is 0 Å². The first-order valence-electron chi connectivity index (χ1n) is 5.75. The van der Waals surface area contributed by atoms with Gasteiger partial charge in [-0.2, -0.15) is 0 Å². The molecule has 92 valence electrons. The predicted octanol–water partition coefficient (Wildman–Crippen LogP) is 2.46. The smallest absolute Gasteiger partial charge is 0.258 e. The number of anilines is 1. The largest absolute Gasteiger partial charge is 0.392 e. The van der Waals surface area contributed by atoms with Gasteiger partial charge in [0.2, 0.25) is 0 Å². The number of benzene rings is 2. The quantitative estimate of drug-likeness (QED) is 0.896. The highest BCUT2D eigenvalue weighted by Crippen LogP contribution is 2.15. The zero-order valence-electron chi connectivity index (χ0n) is 10.2. The third-order valence-corrected chi connectivity index (χ3v) is 2.83. The van der Waals surface area contributed by atoms with E-state index in [9.17, 15) is 4.79 Å². The molecule has 2 rings (SSSR count). The fraction of sp³-hybridized carbons (Fsp3) is 0.133. The molecule has 0 aliphatic heterocycles. The van der Waals surface area contributed by atoms with E-state index in [2.05, 4.69) is 0 Å². The van der Waals surface area contributed by atoms with Crippen LogP contribution < -0.4 is 4.90 Å². The van der Waals surface area contributed by atoms with Crippen LogP contribution in [0.3, 0.4) is 0 Å². The van der Waals surface area contributed by atoms with Gasteiger partial charge in [-0.3, -0.25) is 4.79 Å². The molecule has 0 fully saturated rings. The lowest BCUT2D eigenvalue weighted by atomic mass is 10.1. The molecular weight excluding hydrogens is 226 g/mol. The van der Waals surface area contributed by atoms with Crippen molar-refractivity contribution in [2.75, 3.05) is 11.9 Å². The lowest BCUT2D eigenvalue weighted by Crippen LogP contribution is -2.26. The molecule has 0 unspecified atom stereocenters. The Labute approximate surface area is 106 Å². The van der Waals surface area contributed by atoms with E-state index in [1.54, 1.807) is 36.2 Å². The predicted molar refractivity (Wildman–Crippen MR) is 71.5 cm³/mol. The first-order chi connectivity index (χ1) is 8.72. The molecule has 0 aliphatic carbocycles. The van der Waals surface area contributed by atoms with E-state index in [0.29, 0.717) is 5.56 Å². The molecule has 1 amide bonds. The minimum Gasteiger partial charge on any atom is -0.392 e. The molecule has 0 bridgehead atoms. The molecule has 0 saturated carbocycles. The van der Waals surface area contributed by atoms with Crippen molar-refractivity contribution in [3.8, 4) is 0 Å². The second-order valence-corrected chi connectivity index (χ2v) is 4.05. The molecule has 0 aliphatic rings. The molecule has 0 radical (unpaired) electrons. The molecule has 0 aromatic heterocycles. The SMILES string of the molecule is CN(C(=O)c1ccc(CO)cc1)c1ccccc1. The number of para-hydroxylation sites is 1. The Hall–Kier alpha value is -2.13. The fourth-order valence-electron chi connectivity index (χ4n) is 1.72. The third-order valence-electron chi connectivity index (χ3n) is 2.83. The Morgan fingerprint density at radius 2 is 1.67 bits per heavy atom. The summed E-state index contributed by atoms with van der Waals surface area (Å²) in [7, 11) is 1.75. The van der Waals surface area contributed by atoms with Gasteiger partial charge in [0, 0.05) is 18.3 Å². The van der Waals surface area contributed by atoms with Crippen molar-refractivity contribution in [3.05, 3.63) is 65.7 Å². The van der Waals surface area contributed by atoms with Crippen LogP contribution in [0.1, 0.15) is 15.9 Å². The third kappa shape index (κ3) is 2.57. The van der Waals surface area contributed by atoms with Crippen LogP contribution in [0.4, 0.5) is 5.69 Å². The van der Waals surface area contributed by atoms with Crippen LogP contribution in [0, 0.1) is 0 Å². The maximum Gasteiger partial charge on any atom is 0.258 e. The summed E-state index contributed by atoms with van der Waals surface area (Å²) < 4.78 is 0. The Morgan fingerprint density at radius 3 is 2.22 bits per heavy atom. The summed E-state index contributed by atoms with van der Waals surface area (Å²) in [5, 5.41) is 8.96. The highest BCUT2D eigenvalue weighted by molar-refractivity contribution is 6.05. The van der Waals surface area contributed by atoms with Crippen LogP contribution in [0.15, 0.2) is 54.6 Å². The second kappa shape index (κ2) is 5.47. The summed E-state index contributed by atoms with van der Waals surface area (Å²) in [6.45, 7) is -0.0109. The van der Waals surface area contributed by atoms with E-state index >= 15 is 0 Å². The maximum atomic E-state index is 12.2. The number of nitrogens with zero attached hydrogens (tertiary/aromatic N) is 1. The van der Waals surface area contributed by atoms with Gasteiger partial charge in [-0.25, -0.2) is 0 Å². The van der Waals surface area contributed by atoms with Crippen molar-refractivity contribution in [2.24, 2.45) is 0 Å². The minimum absolute atomic E-state index is 0.0109. The van der Waals surface area contributed by atoms with Gasteiger partial charge < -0.3 is 10.0 Å². The van der Waals surface area contributed by atoms with E-state index in [-0.39, 0.29) is 12.5 Å². The molecular formula is C15H15NO2. The number of aliphatic hydroxyl groups is 1. The first-order valence-corrected chi connectivity index (χ1v) is 5.75. The van der Waals surface area contributed by atoms with E-state index in [4.69, 9.17) is 5.11 Å². The fourth-order valence-corrected chi connectivity index (χ4v) is 1.72. The molecule has 3 heteroatoms. The van der Waals surface area contributed by atoms with Crippen LogP contribution in [-0.2, 0) is 6.61 Å². The van der Waals surface area contributed by atoms with Crippen LogP contribution in [-0.4, -0.2) is 18.1 Å². The zero-order valence-corrected chi connectivity index (χ0v) is 10.2. The highest BCUT2D eigenvalue weighted by Gasteiger charge is 2.12. The number of carbonyl (C=O) groups is 1. The highest BCUT2D eigenvalue weighted by atomic mass is 16.3. The van der Waals surface area contributed by atoms with E-state index in [1.165, 1.54) is 0 Å². The summed E-state index contributed by atoms with van der Waals surface area (Å²) in [5.41, 5.74) is 2.27. The molecule has 0 heterocycles. The van der Waals surface area contributed by atoms with E-state index < -0.39 is 0 Å². The molecule has 2 aromatic carbocycles. The van der Waals surface area contributed by atoms with Crippen LogP contribution in [0.25, 0.3) is 0 Å². The van der Waals surface area contributed by atoms with Crippen molar-refractivity contribution in [2.45, 2.75) is 6.61 Å². The number of carbonyl (C=O) groups excluding carboxylic acids is 1. The summed E-state index contributed by atoms with van der Waals surface area (Å²) in [5.74, 6) is -0.0642. The molecule has 2 aromatic rings. The van der Waals surface area contributed by atoms with Gasteiger partial charge in [0.25, 0.3) is 5.91 Å². The topological polar surface area (TPSA) is 40.5 Å². The Balaban J connectivity index is 2.20. The van der Waals surface area contributed by atoms with Crippen LogP contribution >= 0.6 is 0 Å². The Morgan fingerprint density at radius 1 is 1.06 bits per heavy atom. The summed E-state index contributed by atoms with van der Waals surface area (Å²) in [6.07, 6.45) is 0. The van der Waals surface area contributed by atoms with Gasteiger partial charge in [-0.15, -0.1) is 0 Å². The van der Waals surface area contributed by atoms with Gasteiger partial charge in [-0.1, -0.05) is 30.3 Å². The van der Waals surface area contributed by atoms with Gasteiger partial charge in [-0.05, 0) is 29.8 Å². The monoisotopic (exact) mass is 241 g/mol. The molecule has 0 atom stereocenters. The van der Waals surface area contributed by atoms with Crippen molar-refractivity contribution in [3.63, 3.8) is 0 Å². The van der Waals surface area contributed by atoms with Crippen molar-refractivity contribution in [1.82, 2.24) is 0 Å². The van der Waals surface area contributed by atoms with Gasteiger partial charge >= 0.3 is 0 Å². The summed E-state index contributed by atoms with van der Waals surface area (Å²) in [4.78, 5) is 13.8. The summed E-state index contributed by atoms with van der Waals surface area (Å²) >= 11 is 0. The number of hydrogen-bond donors (Lipinski definition) is 1. The zero-order chi connectivity index (χ0) is 13.0. The molecule has 3 nitrogen and oxygen atoms in total. The van der Waals surface area contributed by atoms with Crippen molar-refractivity contribution < 1.29 is 9.90 Å². The normalized spacial score (nSPS) is 10.1. The first kappa shape index (κ1) is 12.3. The number of amides is 1. The van der Waals surface area contributed by atoms with E-state index in [0.717, 1.165) is 11.3 Å². The lowest BCUT2D eigenvalue weighted by molar-refractivity contribution is 0.0993. The summed E-state index contributed by atoms with van der Waals surface area (Å²) in [6, 6.07) is 16.5. The Kier molecular flexibility index (Phi) is 3.75. The molecule has 0 saturated heterocycles. The van der Waals surface area contributed by atoms with Gasteiger partial charge in [0.15, 0.2) is 0 Å². The second-order valence-electron chi connectivity index (χ2n) is 4.05. The number of rotatable bonds is 3. The van der Waals surface area contributed by atoms with Crippen LogP contribution in [0.2, 0.25) is 0 Å². The standard InChI is InChI=1S/C15H15NO2/c1-16(14-5-3-2-4-6-14)15(18)13-9-7-12(11-17)8-10-13/h2-10,17H,11H2,1H3. The number of hydrogen-bond acceptors (Lipinski definition) is 2. The average molecular weight is 241 g/mol. The minimum atomic E-state index is -0.0642. The average Bonchev–Trinajstić information content (AvgIpc) is 2.47. The van der Waals surface area contributed by atoms with E-state index in [1.807, 2.05) is 30.3 Å². The lowest BCUT2D eigenvalue weighted by Gasteiger charge is -2.17.